The van der Waals surface area contributed by atoms with Gasteiger partial charge in [-0.25, -0.2) is 19.7 Å². The SMILES string of the molecule is COC(=O)c1cccc2nc(Cl)nc(NCc3ccc(-c4nc(C(F)(F)F)cn4C)cc3)c12. The molecule has 7 nitrogen and oxygen atoms in total. The van der Waals surface area contributed by atoms with Crippen molar-refractivity contribution in [2.75, 3.05) is 12.4 Å². The third-order valence-electron chi connectivity index (χ3n) is 4.94. The van der Waals surface area contributed by atoms with E-state index in [4.69, 9.17) is 16.3 Å². The number of hydrogen-bond donors (Lipinski definition) is 1. The average Bonchev–Trinajstić information content (AvgIpc) is 3.18. The topological polar surface area (TPSA) is 81.9 Å². The van der Waals surface area contributed by atoms with Gasteiger partial charge in [0.15, 0.2) is 5.69 Å². The van der Waals surface area contributed by atoms with Gasteiger partial charge in [-0.1, -0.05) is 30.3 Å². The summed E-state index contributed by atoms with van der Waals surface area (Å²) in [6.45, 7) is 0.312. The van der Waals surface area contributed by atoms with Crippen LogP contribution >= 0.6 is 11.6 Å². The first kappa shape index (κ1) is 22.5. The van der Waals surface area contributed by atoms with Crippen LogP contribution in [0, 0.1) is 0 Å². The summed E-state index contributed by atoms with van der Waals surface area (Å²) >= 11 is 6.04. The molecule has 4 rings (SSSR count). The van der Waals surface area contributed by atoms with Crippen LogP contribution in [0.25, 0.3) is 22.3 Å². The molecular formula is C22H17ClF3N5O2. The Balaban J connectivity index is 1.60. The summed E-state index contributed by atoms with van der Waals surface area (Å²) < 4.78 is 45.0. The summed E-state index contributed by atoms with van der Waals surface area (Å²) in [6.07, 6.45) is -3.56. The lowest BCUT2D eigenvalue weighted by Crippen LogP contribution is -2.08. The molecule has 170 valence electrons. The van der Waals surface area contributed by atoms with Crippen molar-refractivity contribution < 1.29 is 22.7 Å². The number of methoxy groups -OCH3 is 1. The number of halogens is 4. The molecule has 0 aliphatic heterocycles. The van der Waals surface area contributed by atoms with Gasteiger partial charge in [0.2, 0.25) is 5.28 Å². The zero-order valence-corrected chi connectivity index (χ0v) is 18.2. The number of esters is 1. The molecule has 0 unspecified atom stereocenters. The Morgan fingerprint density at radius 2 is 1.85 bits per heavy atom. The number of aryl methyl sites for hydroxylation is 1. The number of rotatable bonds is 5. The highest BCUT2D eigenvalue weighted by atomic mass is 35.5. The molecule has 4 aromatic rings. The molecule has 0 saturated heterocycles. The number of aromatic nitrogens is 4. The molecule has 0 fully saturated rings. The number of carbonyl (C=O) groups excluding carboxylic acids is 1. The summed E-state index contributed by atoms with van der Waals surface area (Å²) in [5, 5.41) is 3.63. The highest BCUT2D eigenvalue weighted by Crippen LogP contribution is 2.31. The van der Waals surface area contributed by atoms with Crippen LogP contribution in [0.2, 0.25) is 5.28 Å². The van der Waals surface area contributed by atoms with E-state index in [0.717, 1.165) is 11.8 Å². The maximum Gasteiger partial charge on any atom is 0.434 e. The lowest BCUT2D eigenvalue weighted by Gasteiger charge is -2.12. The summed E-state index contributed by atoms with van der Waals surface area (Å²) in [7, 11) is 2.79. The fraction of sp³-hybridized carbons (Fsp3) is 0.182. The molecule has 0 amide bonds. The van der Waals surface area contributed by atoms with Crippen molar-refractivity contribution in [1.82, 2.24) is 19.5 Å². The van der Waals surface area contributed by atoms with Crippen LogP contribution in [0.5, 0.6) is 0 Å². The van der Waals surface area contributed by atoms with Crippen molar-refractivity contribution in [2.24, 2.45) is 7.05 Å². The Morgan fingerprint density at radius 1 is 1.12 bits per heavy atom. The first-order chi connectivity index (χ1) is 15.7. The molecule has 1 N–H and O–H groups in total. The van der Waals surface area contributed by atoms with E-state index in [0.29, 0.717) is 34.4 Å². The standard InChI is InChI=1S/C22H17ClF3N5O2/c1-31-11-16(22(24,25)26)29-19(31)13-8-6-12(7-9-13)10-27-18-17-14(20(32)33-2)4-3-5-15(17)28-21(23)30-18/h3-9,11H,10H2,1-2H3,(H,27,28,30). The number of ether oxygens (including phenoxy) is 1. The average molecular weight is 476 g/mol. The van der Waals surface area contributed by atoms with E-state index >= 15 is 0 Å². The zero-order chi connectivity index (χ0) is 23.8. The van der Waals surface area contributed by atoms with Crippen LogP contribution < -0.4 is 5.32 Å². The van der Waals surface area contributed by atoms with Crippen LogP contribution in [-0.4, -0.2) is 32.6 Å². The van der Waals surface area contributed by atoms with E-state index in [1.54, 1.807) is 42.5 Å². The number of fused-ring (bicyclic) bond motifs is 1. The van der Waals surface area contributed by atoms with Gasteiger partial charge in [-0.05, 0) is 29.3 Å². The number of benzene rings is 2. The second-order valence-electron chi connectivity index (χ2n) is 7.14. The second kappa shape index (κ2) is 8.70. The molecule has 0 bridgehead atoms. The molecule has 0 radical (unpaired) electrons. The zero-order valence-electron chi connectivity index (χ0n) is 17.4. The number of anilines is 1. The predicted octanol–water partition coefficient (Wildman–Crippen LogP) is 5.10. The third kappa shape index (κ3) is 4.61. The minimum Gasteiger partial charge on any atom is -0.465 e. The third-order valence-corrected chi connectivity index (χ3v) is 5.11. The molecule has 0 atom stereocenters. The largest absolute Gasteiger partial charge is 0.465 e. The second-order valence-corrected chi connectivity index (χ2v) is 7.48. The molecule has 2 aromatic heterocycles. The van der Waals surface area contributed by atoms with Gasteiger partial charge in [0.1, 0.15) is 11.6 Å². The van der Waals surface area contributed by atoms with E-state index in [9.17, 15) is 18.0 Å². The Morgan fingerprint density at radius 3 is 2.48 bits per heavy atom. The number of alkyl halides is 3. The lowest BCUT2D eigenvalue weighted by atomic mass is 10.1. The quantitative estimate of drug-likeness (QED) is 0.319. The first-order valence-electron chi connectivity index (χ1n) is 9.65. The summed E-state index contributed by atoms with van der Waals surface area (Å²) in [4.78, 5) is 24.3. The minimum absolute atomic E-state index is 0.0117. The van der Waals surface area contributed by atoms with Crippen LogP contribution in [0.1, 0.15) is 21.6 Å². The number of imidazole rings is 1. The van der Waals surface area contributed by atoms with Crippen molar-refractivity contribution >= 4 is 34.3 Å². The molecule has 0 saturated carbocycles. The number of hydrogen-bond acceptors (Lipinski definition) is 6. The van der Waals surface area contributed by atoms with E-state index in [1.165, 1.54) is 18.7 Å². The van der Waals surface area contributed by atoms with Gasteiger partial charge >= 0.3 is 12.1 Å². The van der Waals surface area contributed by atoms with Gasteiger partial charge in [-0.3, -0.25) is 0 Å². The van der Waals surface area contributed by atoms with E-state index in [2.05, 4.69) is 20.3 Å². The van der Waals surface area contributed by atoms with Gasteiger partial charge < -0.3 is 14.6 Å². The molecule has 2 heterocycles. The van der Waals surface area contributed by atoms with Crippen LogP contribution in [0.4, 0.5) is 19.0 Å². The molecule has 33 heavy (non-hydrogen) atoms. The van der Waals surface area contributed by atoms with Crippen molar-refractivity contribution in [2.45, 2.75) is 12.7 Å². The van der Waals surface area contributed by atoms with E-state index in [-0.39, 0.29) is 11.1 Å². The maximum atomic E-state index is 12.9. The van der Waals surface area contributed by atoms with Gasteiger partial charge in [0.25, 0.3) is 0 Å². The Hall–Kier alpha value is -3.66. The van der Waals surface area contributed by atoms with Gasteiger partial charge in [-0.2, -0.15) is 13.2 Å². The molecule has 0 spiro atoms. The van der Waals surface area contributed by atoms with Gasteiger partial charge in [0, 0.05) is 25.4 Å². The molecule has 0 aliphatic rings. The fourth-order valence-corrected chi connectivity index (χ4v) is 3.57. The normalized spacial score (nSPS) is 11.6. The van der Waals surface area contributed by atoms with Crippen molar-refractivity contribution in [3.63, 3.8) is 0 Å². The van der Waals surface area contributed by atoms with Crippen molar-refractivity contribution in [3.8, 4) is 11.4 Å². The van der Waals surface area contributed by atoms with Gasteiger partial charge in [-0.15, -0.1) is 0 Å². The summed E-state index contributed by atoms with van der Waals surface area (Å²) in [6, 6.07) is 11.9. The molecule has 0 aliphatic carbocycles. The van der Waals surface area contributed by atoms with Crippen LogP contribution in [0.3, 0.4) is 0 Å². The lowest BCUT2D eigenvalue weighted by molar-refractivity contribution is -0.140. The van der Waals surface area contributed by atoms with Crippen LogP contribution in [-0.2, 0) is 24.5 Å². The smallest absolute Gasteiger partial charge is 0.434 e. The molecular weight excluding hydrogens is 459 g/mol. The van der Waals surface area contributed by atoms with Gasteiger partial charge in [0.05, 0.1) is 23.6 Å². The molecule has 2 aromatic carbocycles. The maximum absolute atomic E-state index is 12.9. The molecule has 11 heteroatoms. The van der Waals surface area contributed by atoms with E-state index in [1.807, 2.05) is 0 Å². The predicted molar refractivity (Wildman–Crippen MR) is 117 cm³/mol. The Kier molecular flexibility index (Phi) is 5.94. The summed E-state index contributed by atoms with van der Waals surface area (Å²) in [5.74, 6) is 0.0272. The Labute approximate surface area is 191 Å². The monoisotopic (exact) mass is 475 g/mol. The van der Waals surface area contributed by atoms with Crippen molar-refractivity contribution in [3.05, 3.63) is 70.8 Å². The van der Waals surface area contributed by atoms with Crippen molar-refractivity contribution in [1.29, 1.82) is 0 Å². The number of carbonyl (C=O) groups is 1. The first-order valence-corrected chi connectivity index (χ1v) is 10.0. The highest BCUT2D eigenvalue weighted by molar-refractivity contribution is 6.29. The highest BCUT2D eigenvalue weighted by Gasteiger charge is 2.34. The number of nitrogens with one attached hydrogen (secondary N) is 1. The van der Waals surface area contributed by atoms with E-state index < -0.39 is 17.8 Å². The fourth-order valence-electron chi connectivity index (χ4n) is 3.39. The van der Waals surface area contributed by atoms with Crippen LogP contribution in [0.15, 0.2) is 48.7 Å². The minimum atomic E-state index is -4.51. The Bertz CT molecular complexity index is 1340. The summed E-state index contributed by atoms with van der Waals surface area (Å²) in [5.41, 5.74) is 1.19. The number of nitrogens with zero attached hydrogens (tertiary/aromatic N) is 4.